The molecule has 5 nitrogen and oxygen atoms in total. The summed E-state index contributed by atoms with van der Waals surface area (Å²) in [4.78, 5) is 4.10. The Hall–Kier alpha value is -2.17. The second-order valence-electron chi connectivity index (χ2n) is 3.31. The van der Waals surface area contributed by atoms with E-state index in [9.17, 15) is 0 Å². The lowest BCUT2D eigenvalue weighted by atomic mass is 10.1. The van der Waals surface area contributed by atoms with E-state index in [0.29, 0.717) is 23.7 Å². The van der Waals surface area contributed by atoms with Crippen molar-refractivity contribution < 1.29 is 4.74 Å². The van der Waals surface area contributed by atoms with E-state index in [1.54, 1.807) is 19.5 Å². The van der Waals surface area contributed by atoms with Gasteiger partial charge in [0.25, 0.3) is 0 Å². The first-order chi connectivity index (χ1) is 7.79. The summed E-state index contributed by atoms with van der Waals surface area (Å²) in [6.07, 6.45) is 3.78. The van der Waals surface area contributed by atoms with Crippen LogP contribution in [-0.2, 0) is 6.42 Å². The number of ether oxygens (including phenoxy) is 1. The number of hydrogen-bond donors (Lipinski definition) is 1. The van der Waals surface area contributed by atoms with E-state index >= 15 is 0 Å². The monoisotopic (exact) mass is 216 g/mol. The van der Waals surface area contributed by atoms with Gasteiger partial charge in [0.05, 0.1) is 19.0 Å². The quantitative estimate of drug-likeness (QED) is 0.776. The molecule has 2 rings (SSSR count). The largest absolute Gasteiger partial charge is 0.495 e. The highest BCUT2D eigenvalue weighted by molar-refractivity contribution is 5.54. The Balaban J connectivity index is 2.20. The summed E-state index contributed by atoms with van der Waals surface area (Å²) in [5.74, 6) is 1.35. The summed E-state index contributed by atoms with van der Waals surface area (Å²) in [5.41, 5.74) is 7.45. The van der Waals surface area contributed by atoms with Gasteiger partial charge in [-0.1, -0.05) is 6.07 Å². The number of hydrogen-bond acceptors (Lipinski definition) is 5. The van der Waals surface area contributed by atoms with Crippen molar-refractivity contribution in [3.63, 3.8) is 0 Å². The Labute approximate surface area is 93.3 Å². The minimum Gasteiger partial charge on any atom is -0.495 e. The molecule has 0 amide bonds. The number of anilines is 1. The van der Waals surface area contributed by atoms with Gasteiger partial charge in [-0.3, -0.25) is 0 Å². The van der Waals surface area contributed by atoms with Crippen LogP contribution in [0.2, 0.25) is 0 Å². The smallest absolute Gasteiger partial charge is 0.155 e. The van der Waals surface area contributed by atoms with E-state index in [4.69, 9.17) is 10.5 Å². The van der Waals surface area contributed by atoms with Crippen LogP contribution in [0.25, 0.3) is 0 Å². The lowest BCUT2D eigenvalue weighted by Crippen LogP contribution is -1.99. The van der Waals surface area contributed by atoms with Gasteiger partial charge in [-0.05, 0) is 17.7 Å². The van der Waals surface area contributed by atoms with Crippen molar-refractivity contribution in [2.24, 2.45) is 0 Å². The zero-order valence-electron chi connectivity index (χ0n) is 8.92. The Morgan fingerprint density at radius 1 is 1.31 bits per heavy atom. The molecule has 1 aromatic heterocycles. The molecular formula is C11H12N4O. The number of rotatable bonds is 3. The molecule has 0 aliphatic heterocycles. The van der Waals surface area contributed by atoms with Crippen LogP contribution in [0.5, 0.6) is 5.75 Å². The van der Waals surface area contributed by atoms with Crippen LogP contribution in [-0.4, -0.2) is 22.3 Å². The summed E-state index contributed by atoms with van der Waals surface area (Å²) in [6, 6.07) is 5.63. The minimum atomic E-state index is 0.613. The molecule has 0 radical (unpaired) electrons. The molecule has 16 heavy (non-hydrogen) atoms. The zero-order chi connectivity index (χ0) is 11.4. The van der Waals surface area contributed by atoms with Gasteiger partial charge in [0.15, 0.2) is 5.82 Å². The first-order valence-electron chi connectivity index (χ1n) is 4.84. The molecule has 5 heteroatoms. The number of methoxy groups -OCH3 is 1. The van der Waals surface area contributed by atoms with E-state index in [1.165, 1.54) is 0 Å². The summed E-state index contributed by atoms with van der Waals surface area (Å²) in [5, 5.41) is 7.68. The molecule has 0 saturated heterocycles. The maximum absolute atomic E-state index is 5.80. The zero-order valence-corrected chi connectivity index (χ0v) is 8.92. The van der Waals surface area contributed by atoms with Gasteiger partial charge < -0.3 is 10.5 Å². The van der Waals surface area contributed by atoms with Gasteiger partial charge >= 0.3 is 0 Å². The van der Waals surface area contributed by atoms with Crippen LogP contribution in [0.15, 0.2) is 30.6 Å². The normalized spacial score (nSPS) is 10.1. The third kappa shape index (κ3) is 2.25. The van der Waals surface area contributed by atoms with Gasteiger partial charge in [-0.25, -0.2) is 4.98 Å². The van der Waals surface area contributed by atoms with Gasteiger partial charge in [0.1, 0.15) is 5.75 Å². The molecule has 0 bridgehead atoms. The van der Waals surface area contributed by atoms with Crippen molar-refractivity contribution in [1.82, 2.24) is 15.2 Å². The first kappa shape index (κ1) is 10.4. The second-order valence-corrected chi connectivity index (χ2v) is 3.31. The molecule has 1 heterocycles. The van der Waals surface area contributed by atoms with E-state index < -0.39 is 0 Å². The van der Waals surface area contributed by atoms with Crippen molar-refractivity contribution >= 4 is 5.69 Å². The van der Waals surface area contributed by atoms with Crippen LogP contribution >= 0.6 is 0 Å². The minimum absolute atomic E-state index is 0.613. The molecule has 2 aromatic rings. The molecule has 0 fully saturated rings. The highest BCUT2D eigenvalue weighted by atomic mass is 16.5. The number of nitrogens with zero attached hydrogens (tertiary/aromatic N) is 3. The number of benzene rings is 1. The summed E-state index contributed by atoms with van der Waals surface area (Å²) in [7, 11) is 1.59. The fourth-order valence-electron chi connectivity index (χ4n) is 1.43. The van der Waals surface area contributed by atoms with Crippen LogP contribution in [0.1, 0.15) is 11.4 Å². The third-order valence-electron chi connectivity index (χ3n) is 2.19. The van der Waals surface area contributed by atoms with Gasteiger partial charge in [0.2, 0.25) is 0 Å². The topological polar surface area (TPSA) is 73.9 Å². The average molecular weight is 216 g/mol. The SMILES string of the molecule is COc1ccc(Cc2nccnn2)cc1N. The maximum Gasteiger partial charge on any atom is 0.155 e. The highest BCUT2D eigenvalue weighted by Gasteiger charge is 2.03. The molecule has 0 aliphatic carbocycles. The third-order valence-corrected chi connectivity index (χ3v) is 2.19. The number of nitrogens with two attached hydrogens (primary N) is 1. The van der Waals surface area contributed by atoms with Gasteiger partial charge in [0, 0.05) is 12.6 Å². The fourth-order valence-corrected chi connectivity index (χ4v) is 1.43. The van der Waals surface area contributed by atoms with E-state index in [2.05, 4.69) is 15.2 Å². The average Bonchev–Trinajstić information content (AvgIpc) is 2.31. The lowest BCUT2D eigenvalue weighted by Gasteiger charge is -2.06. The molecule has 82 valence electrons. The molecule has 1 aromatic carbocycles. The molecule has 0 aliphatic rings. The molecule has 0 spiro atoms. The van der Waals surface area contributed by atoms with E-state index in [0.717, 1.165) is 5.56 Å². The molecule has 2 N–H and O–H groups in total. The molecule has 0 saturated carbocycles. The van der Waals surface area contributed by atoms with Crippen LogP contribution in [0.3, 0.4) is 0 Å². The van der Waals surface area contributed by atoms with Crippen molar-refractivity contribution in [3.8, 4) is 5.75 Å². The van der Waals surface area contributed by atoms with E-state index in [1.807, 2.05) is 18.2 Å². The predicted octanol–water partition coefficient (Wildman–Crippen LogP) is 1.05. The van der Waals surface area contributed by atoms with Crippen LogP contribution < -0.4 is 10.5 Å². The van der Waals surface area contributed by atoms with Gasteiger partial charge in [-0.2, -0.15) is 5.10 Å². The Bertz CT molecular complexity index is 473. The maximum atomic E-state index is 5.80. The van der Waals surface area contributed by atoms with Crippen molar-refractivity contribution in [3.05, 3.63) is 42.0 Å². The Morgan fingerprint density at radius 3 is 2.81 bits per heavy atom. The summed E-state index contributed by atoms with van der Waals surface area (Å²) < 4.78 is 5.08. The molecule has 0 atom stereocenters. The molecule has 0 unspecified atom stereocenters. The lowest BCUT2D eigenvalue weighted by molar-refractivity contribution is 0.417. The summed E-state index contributed by atoms with van der Waals surface area (Å²) >= 11 is 0. The highest BCUT2D eigenvalue weighted by Crippen LogP contribution is 2.22. The number of nitrogen functional groups attached to an aromatic ring is 1. The van der Waals surface area contributed by atoms with Crippen molar-refractivity contribution in [2.45, 2.75) is 6.42 Å². The summed E-state index contributed by atoms with van der Waals surface area (Å²) in [6.45, 7) is 0. The van der Waals surface area contributed by atoms with Crippen LogP contribution in [0.4, 0.5) is 5.69 Å². The van der Waals surface area contributed by atoms with Gasteiger partial charge in [-0.15, -0.1) is 5.10 Å². The first-order valence-corrected chi connectivity index (χ1v) is 4.84. The second kappa shape index (κ2) is 4.57. The van der Waals surface area contributed by atoms with Crippen LogP contribution in [0, 0.1) is 0 Å². The van der Waals surface area contributed by atoms with E-state index in [-0.39, 0.29) is 0 Å². The number of aromatic nitrogens is 3. The standard InChI is InChI=1S/C11H12N4O/c1-16-10-3-2-8(6-9(10)12)7-11-13-4-5-14-15-11/h2-6H,7,12H2,1H3. The Morgan fingerprint density at radius 2 is 2.19 bits per heavy atom. The van der Waals surface area contributed by atoms with Crippen molar-refractivity contribution in [2.75, 3.05) is 12.8 Å². The molecular weight excluding hydrogens is 204 g/mol. The Kier molecular flexibility index (Phi) is 2.95. The fraction of sp³-hybridized carbons (Fsp3) is 0.182. The van der Waals surface area contributed by atoms with Crippen molar-refractivity contribution in [1.29, 1.82) is 0 Å². The predicted molar refractivity (Wildman–Crippen MR) is 60.0 cm³/mol.